The predicted octanol–water partition coefficient (Wildman–Crippen LogP) is 7.07. The summed E-state index contributed by atoms with van der Waals surface area (Å²) in [5.41, 5.74) is 0. The second-order valence-corrected chi connectivity index (χ2v) is 15.1. The maximum Gasteiger partial charge on any atom is 0.311 e. The Kier molecular flexibility index (Phi) is 85.5. The summed E-state index contributed by atoms with van der Waals surface area (Å²) in [7, 11) is -3.81. The van der Waals surface area contributed by atoms with Gasteiger partial charge < -0.3 is 15.7 Å². The molecule has 0 bridgehead atoms. The molecule has 0 heterocycles. The molecule has 0 aromatic rings. The Hall–Kier alpha value is 2.78. The van der Waals surface area contributed by atoms with Crippen LogP contribution < -0.4 is 0 Å². The van der Waals surface area contributed by atoms with Gasteiger partial charge in [0.2, 0.25) is 0 Å². The SMILES string of the molecule is C.C.C.C.C.C.C[Si](C)O[Si](C)(C)O[Si](C)(C)C.[CH3-].[Y].[Y]. The summed E-state index contributed by atoms with van der Waals surface area (Å²) in [6, 6.07) is 0. The monoisotopic (exact) mass is 510 g/mol. The Morgan fingerprint density at radius 2 is 0.905 bits per heavy atom. The molecule has 0 saturated heterocycles. The molecule has 21 heavy (non-hydrogen) atoms. The van der Waals surface area contributed by atoms with Gasteiger partial charge >= 0.3 is 8.56 Å². The Labute approximate surface area is 195 Å². The molecule has 7 heteroatoms. The smallest absolute Gasteiger partial charge is 0.311 e. The van der Waals surface area contributed by atoms with Gasteiger partial charge in [0.1, 0.15) is 0 Å². The van der Waals surface area contributed by atoms with Gasteiger partial charge in [-0.3, -0.25) is 0 Å². The first-order chi connectivity index (χ1) is 5.12. The van der Waals surface area contributed by atoms with Gasteiger partial charge in [-0.15, -0.1) is 0 Å². The van der Waals surface area contributed by atoms with Gasteiger partial charge in [-0.25, -0.2) is 0 Å². The van der Waals surface area contributed by atoms with Crippen molar-refractivity contribution in [2.45, 2.75) is 90.4 Å². The average Bonchev–Trinajstić information content (AvgIpc) is 1.48. The second kappa shape index (κ2) is 27.6. The van der Waals surface area contributed by atoms with Crippen molar-refractivity contribution >= 4 is 25.9 Å². The van der Waals surface area contributed by atoms with Crippen LogP contribution in [0.15, 0.2) is 0 Å². The van der Waals surface area contributed by atoms with Gasteiger partial charge in [0.05, 0.1) is 0 Å². The van der Waals surface area contributed by atoms with E-state index >= 15 is 0 Å². The molecule has 0 aliphatic heterocycles. The summed E-state index contributed by atoms with van der Waals surface area (Å²) in [6.45, 7) is 15.2. The zero-order chi connectivity index (χ0) is 9.99. The fraction of sp³-hybridized carbons (Fsp3) is 0.929. The number of hydrogen-bond acceptors (Lipinski definition) is 2. The third-order valence-electron chi connectivity index (χ3n) is 1.00. The molecule has 0 aromatic carbocycles. The van der Waals surface area contributed by atoms with Crippen molar-refractivity contribution < 1.29 is 73.6 Å². The Morgan fingerprint density at radius 1 is 0.667 bits per heavy atom. The molecule has 0 aliphatic rings. The van der Waals surface area contributed by atoms with Crippen molar-refractivity contribution in [1.82, 2.24) is 0 Å². The van der Waals surface area contributed by atoms with E-state index in [-0.39, 0.29) is 117 Å². The minimum absolute atomic E-state index is 0. The molecule has 0 rings (SSSR count). The van der Waals surface area contributed by atoms with Crippen molar-refractivity contribution in [1.29, 1.82) is 0 Å². The van der Waals surface area contributed by atoms with Crippen LogP contribution >= 0.6 is 0 Å². The van der Waals surface area contributed by atoms with Crippen LogP contribution in [0.2, 0.25) is 45.8 Å². The van der Waals surface area contributed by atoms with Crippen LogP contribution in [0.3, 0.4) is 0 Å². The van der Waals surface area contributed by atoms with Crippen molar-refractivity contribution in [3.63, 3.8) is 0 Å². The second-order valence-electron chi connectivity index (χ2n) is 4.62. The molecule has 0 unspecified atom stereocenters. The average molecular weight is 511 g/mol. The Balaban J connectivity index is -0.0000000168. The van der Waals surface area contributed by atoms with E-state index in [1.807, 2.05) is 0 Å². The molecule has 0 saturated carbocycles. The normalized spacial score (nSPS) is 8.00. The van der Waals surface area contributed by atoms with Crippen LogP contribution in [0.4, 0.5) is 0 Å². The van der Waals surface area contributed by atoms with Gasteiger partial charge in [0.25, 0.3) is 0 Å². The van der Waals surface area contributed by atoms with Crippen LogP contribution in [0.25, 0.3) is 0 Å². The van der Waals surface area contributed by atoms with E-state index in [4.69, 9.17) is 8.23 Å². The Morgan fingerprint density at radius 3 is 1.05 bits per heavy atom. The molecule has 0 amide bonds. The van der Waals surface area contributed by atoms with E-state index < -0.39 is 25.9 Å². The minimum Gasteiger partial charge on any atom is -0.437 e. The van der Waals surface area contributed by atoms with Gasteiger partial charge in [0, 0.05) is 65.4 Å². The molecule has 0 aliphatic carbocycles. The summed E-state index contributed by atoms with van der Waals surface area (Å²) < 4.78 is 11.9. The summed E-state index contributed by atoms with van der Waals surface area (Å²) in [5, 5.41) is 0. The van der Waals surface area contributed by atoms with E-state index in [0.29, 0.717) is 0 Å². The molecule has 0 spiro atoms. The quantitative estimate of drug-likeness (QED) is 0.298. The molecule has 0 N–H and O–H groups in total. The van der Waals surface area contributed by atoms with Crippen LogP contribution in [-0.2, 0) is 73.6 Å². The van der Waals surface area contributed by atoms with E-state index in [0.717, 1.165) is 0 Å². The summed E-state index contributed by atoms with van der Waals surface area (Å²) >= 11 is 0. The summed E-state index contributed by atoms with van der Waals surface area (Å²) in [4.78, 5) is 0. The molecule has 3 radical (unpaired) electrons. The topological polar surface area (TPSA) is 18.5 Å². The molecule has 135 valence electrons. The maximum atomic E-state index is 6.02. The summed E-state index contributed by atoms with van der Waals surface area (Å²) in [6.07, 6.45) is 0. The Bertz CT molecular complexity index is 154. The molecule has 0 aromatic heterocycles. The fourth-order valence-electron chi connectivity index (χ4n) is 1.25. The fourth-order valence-corrected chi connectivity index (χ4v) is 11.6. The van der Waals surface area contributed by atoms with E-state index in [2.05, 4.69) is 45.8 Å². The first-order valence-corrected chi connectivity index (χ1v) is 12.9. The van der Waals surface area contributed by atoms with Crippen LogP contribution in [0.5, 0.6) is 0 Å². The zero-order valence-electron chi connectivity index (χ0n) is 11.5. The maximum absolute atomic E-state index is 6.02. The number of hydrogen-bond donors (Lipinski definition) is 0. The van der Waals surface area contributed by atoms with E-state index in [9.17, 15) is 0 Å². The third-order valence-corrected chi connectivity index (χ3v) is 9.02. The predicted molar refractivity (Wildman–Crippen MR) is 107 cm³/mol. The van der Waals surface area contributed by atoms with Crippen LogP contribution in [-0.4, -0.2) is 25.9 Å². The first-order valence-electron chi connectivity index (χ1n) is 4.32. The summed E-state index contributed by atoms with van der Waals surface area (Å²) in [5.74, 6) is 0. The van der Waals surface area contributed by atoms with Gasteiger partial charge in [0.15, 0.2) is 17.4 Å². The molecular formula is C14H48O2Si3Y2-. The van der Waals surface area contributed by atoms with Crippen LogP contribution in [0, 0.1) is 7.43 Å². The molecular weight excluding hydrogens is 462 g/mol. The van der Waals surface area contributed by atoms with Crippen molar-refractivity contribution in [2.24, 2.45) is 0 Å². The van der Waals surface area contributed by atoms with Crippen molar-refractivity contribution in [3.8, 4) is 0 Å². The third kappa shape index (κ3) is 51.8. The number of rotatable bonds is 4. The van der Waals surface area contributed by atoms with Crippen molar-refractivity contribution in [2.75, 3.05) is 0 Å². The van der Waals surface area contributed by atoms with Crippen LogP contribution in [0.1, 0.15) is 44.6 Å². The van der Waals surface area contributed by atoms with Gasteiger partial charge in [-0.2, -0.15) is 0 Å². The molecule has 2 nitrogen and oxygen atoms in total. The van der Waals surface area contributed by atoms with Gasteiger partial charge in [-0.05, 0) is 45.8 Å². The molecule has 0 atom stereocenters. The van der Waals surface area contributed by atoms with E-state index in [1.165, 1.54) is 0 Å². The zero-order valence-corrected chi connectivity index (χ0v) is 20.1. The first kappa shape index (κ1) is 65.0. The van der Waals surface area contributed by atoms with Crippen molar-refractivity contribution in [3.05, 3.63) is 7.43 Å². The van der Waals surface area contributed by atoms with E-state index in [1.54, 1.807) is 0 Å². The molecule has 0 fully saturated rings. The van der Waals surface area contributed by atoms with Gasteiger partial charge in [-0.1, -0.05) is 44.6 Å². The minimum atomic E-state index is -1.79. The largest absolute Gasteiger partial charge is 0.437 e. The standard InChI is InChI=1S/C7H21O2Si3.6CH4.CH3.2Y/c1-10(2)8-12(6,7)9-11(3,4)5;;;;;;;;;/h1-7H3;6*1H4;1H3;;/q;;;;;;;-1;;.